The van der Waals surface area contributed by atoms with Crippen LogP contribution in [0.1, 0.15) is 41.8 Å². The first kappa shape index (κ1) is 21.6. The fourth-order valence-corrected chi connectivity index (χ4v) is 4.18. The van der Waals surface area contributed by atoms with Crippen LogP contribution in [0, 0.1) is 13.8 Å². The van der Waals surface area contributed by atoms with Gasteiger partial charge in [-0.15, -0.1) is 11.3 Å². The average molecular weight is 395 g/mol. The van der Waals surface area contributed by atoms with Crippen molar-refractivity contribution in [2.75, 3.05) is 39.8 Å². The Morgan fingerprint density at radius 1 is 1.26 bits per heavy atom. The molecule has 1 fully saturated rings. The van der Waals surface area contributed by atoms with Crippen molar-refractivity contribution in [3.05, 3.63) is 15.6 Å². The fraction of sp³-hybridized carbons (Fsp3) is 0.737. The maximum absolute atomic E-state index is 11.8. The summed E-state index contributed by atoms with van der Waals surface area (Å²) in [5.74, 6) is 0.988. The van der Waals surface area contributed by atoms with Crippen LogP contribution in [0.2, 0.25) is 0 Å². The third-order valence-electron chi connectivity index (χ3n) is 4.74. The third-order valence-corrected chi connectivity index (χ3v) is 5.87. The minimum atomic E-state index is 0.134. The van der Waals surface area contributed by atoms with Gasteiger partial charge in [-0.25, -0.2) is 4.98 Å². The number of rotatable bonds is 8. The number of likely N-dealkylation sites (tertiary alicyclic amines) is 1. The normalized spacial score (nSPS) is 16.4. The smallest absolute Gasteiger partial charge is 0.234 e. The number of aromatic nitrogens is 1. The summed E-state index contributed by atoms with van der Waals surface area (Å²) in [5, 5.41) is 11.0. The monoisotopic (exact) mass is 394 g/mol. The van der Waals surface area contributed by atoms with Crippen molar-refractivity contribution in [1.29, 1.82) is 0 Å². The minimum absolute atomic E-state index is 0.134. The zero-order chi connectivity index (χ0) is 19.6. The maximum Gasteiger partial charge on any atom is 0.234 e. The second-order valence-corrected chi connectivity index (χ2v) is 8.32. The van der Waals surface area contributed by atoms with Crippen LogP contribution < -0.4 is 16.0 Å². The molecule has 1 aliphatic rings. The van der Waals surface area contributed by atoms with Crippen molar-refractivity contribution in [3.63, 3.8) is 0 Å². The van der Waals surface area contributed by atoms with Crippen LogP contribution in [0.4, 0.5) is 0 Å². The van der Waals surface area contributed by atoms with Crippen LogP contribution in [0.25, 0.3) is 0 Å². The van der Waals surface area contributed by atoms with Crippen molar-refractivity contribution in [3.8, 4) is 0 Å². The number of amides is 1. The first-order chi connectivity index (χ1) is 13.0. The Hall–Kier alpha value is -1.67. The van der Waals surface area contributed by atoms with Crippen molar-refractivity contribution in [1.82, 2.24) is 25.8 Å². The molecule has 1 amide bonds. The molecule has 0 saturated carbocycles. The molecule has 0 radical (unpaired) electrons. The molecule has 1 aromatic heterocycles. The van der Waals surface area contributed by atoms with E-state index >= 15 is 0 Å². The van der Waals surface area contributed by atoms with Crippen LogP contribution in [-0.2, 0) is 11.2 Å². The number of nitrogens with one attached hydrogen (secondary N) is 3. The molecule has 0 bridgehead atoms. The second-order valence-electron chi connectivity index (χ2n) is 7.04. The summed E-state index contributed by atoms with van der Waals surface area (Å²) in [6.45, 7) is 10.2. The SMILES string of the molecule is CCCNC(=O)CN1CCC(NC(=NC)NCCc2sc(C)nc2C)CC1. The van der Waals surface area contributed by atoms with Gasteiger partial charge in [0.1, 0.15) is 0 Å². The van der Waals surface area contributed by atoms with Gasteiger partial charge >= 0.3 is 0 Å². The number of carbonyl (C=O) groups is 1. The number of thiazole rings is 1. The van der Waals surface area contributed by atoms with Crippen molar-refractivity contribution in [2.45, 2.75) is 52.5 Å². The molecule has 1 aromatic rings. The van der Waals surface area contributed by atoms with Gasteiger partial charge in [0, 0.05) is 50.6 Å². The highest BCUT2D eigenvalue weighted by atomic mass is 32.1. The molecular formula is C19H34N6OS. The number of hydrogen-bond acceptors (Lipinski definition) is 5. The highest BCUT2D eigenvalue weighted by Gasteiger charge is 2.21. The molecule has 8 heteroatoms. The van der Waals surface area contributed by atoms with E-state index in [0.29, 0.717) is 12.6 Å². The van der Waals surface area contributed by atoms with Gasteiger partial charge in [0.15, 0.2) is 5.96 Å². The topological polar surface area (TPSA) is 81.7 Å². The summed E-state index contributed by atoms with van der Waals surface area (Å²) in [7, 11) is 1.81. The Balaban J connectivity index is 1.67. The summed E-state index contributed by atoms with van der Waals surface area (Å²) in [4.78, 5) is 24.2. The quantitative estimate of drug-likeness (QED) is 0.459. The Labute approximate surface area is 167 Å². The molecule has 0 unspecified atom stereocenters. The van der Waals surface area contributed by atoms with Gasteiger partial charge in [-0.2, -0.15) is 0 Å². The summed E-state index contributed by atoms with van der Waals surface area (Å²) < 4.78 is 0. The molecule has 152 valence electrons. The number of piperidine rings is 1. The first-order valence-electron chi connectivity index (χ1n) is 9.91. The van der Waals surface area contributed by atoms with Gasteiger partial charge in [-0.3, -0.25) is 14.7 Å². The summed E-state index contributed by atoms with van der Waals surface area (Å²) in [6.07, 6.45) is 3.99. The van der Waals surface area contributed by atoms with Gasteiger partial charge < -0.3 is 16.0 Å². The van der Waals surface area contributed by atoms with Crippen LogP contribution in [0.3, 0.4) is 0 Å². The van der Waals surface area contributed by atoms with E-state index < -0.39 is 0 Å². The Morgan fingerprint density at radius 2 is 2.00 bits per heavy atom. The lowest BCUT2D eigenvalue weighted by Crippen LogP contribution is -2.50. The van der Waals surface area contributed by atoms with E-state index in [4.69, 9.17) is 0 Å². The number of carbonyl (C=O) groups excluding carboxylic acids is 1. The standard InChI is InChI=1S/C19H34N6OS/c1-5-9-21-18(26)13-25-11-7-16(8-12-25)24-19(20-4)22-10-6-17-14(2)23-15(3)27-17/h16H,5-13H2,1-4H3,(H,21,26)(H2,20,22,24). The average Bonchev–Trinajstić information content (AvgIpc) is 2.97. The van der Waals surface area contributed by atoms with Gasteiger partial charge in [0.05, 0.1) is 17.2 Å². The number of aliphatic imine (C=N–C) groups is 1. The summed E-state index contributed by atoms with van der Waals surface area (Å²) in [5.41, 5.74) is 1.14. The zero-order valence-corrected chi connectivity index (χ0v) is 17.9. The molecule has 27 heavy (non-hydrogen) atoms. The maximum atomic E-state index is 11.8. The van der Waals surface area contributed by atoms with Crippen LogP contribution in [-0.4, -0.2) is 67.6 Å². The molecule has 0 spiro atoms. The number of nitrogens with zero attached hydrogens (tertiary/aromatic N) is 3. The number of aryl methyl sites for hydroxylation is 2. The number of hydrogen-bond donors (Lipinski definition) is 3. The summed E-state index contributed by atoms with van der Waals surface area (Å²) in [6, 6.07) is 0.401. The van der Waals surface area contributed by atoms with Gasteiger partial charge in [0.25, 0.3) is 0 Å². The Bertz CT molecular complexity index is 622. The Kier molecular flexibility index (Phi) is 9.00. The molecule has 2 heterocycles. The van der Waals surface area contributed by atoms with E-state index in [1.54, 1.807) is 11.3 Å². The molecular weight excluding hydrogens is 360 g/mol. The molecule has 3 N–H and O–H groups in total. The lowest BCUT2D eigenvalue weighted by atomic mass is 10.1. The highest BCUT2D eigenvalue weighted by Crippen LogP contribution is 2.17. The van der Waals surface area contributed by atoms with Gasteiger partial charge in [0.2, 0.25) is 5.91 Å². The first-order valence-corrected chi connectivity index (χ1v) is 10.7. The largest absolute Gasteiger partial charge is 0.356 e. The van der Waals surface area contributed by atoms with Crippen molar-refractivity contribution in [2.24, 2.45) is 4.99 Å². The lowest BCUT2D eigenvalue weighted by molar-refractivity contribution is -0.122. The predicted molar refractivity (Wildman–Crippen MR) is 113 cm³/mol. The van der Waals surface area contributed by atoms with E-state index in [2.05, 4.69) is 51.6 Å². The molecule has 1 aliphatic heterocycles. The van der Waals surface area contributed by atoms with Crippen LogP contribution in [0.15, 0.2) is 4.99 Å². The molecule has 7 nitrogen and oxygen atoms in total. The molecule has 0 atom stereocenters. The van der Waals surface area contributed by atoms with E-state index in [1.807, 2.05) is 7.05 Å². The van der Waals surface area contributed by atoms with Crippen molar-refractivity contribution < 1.29 is 4.79 Å². The fourth-order valence-electron chi connectivity index (χ4n) is 3.25. The summed E-state index contributed by atoms with van der Waals surface area (Å²) >= 11 is 1.77. The minimum Gasteiger partial charge on any atom is -0.356 e. The Morgan fingerprint density at radius 3 is 2.59 bits per heavy atom. The van der Waals surface area contributed by atoms with Gasteiger partial charge in [-0.1, -0.05) is 6.92 Å². The molecule has 1 saturated heterocycles. The van der Waals surface area contributed by atoms with Crippen LogP contribution in [0.5, 0.6) is 0 Å². The predicted octanol–water partition coefficient (Wildman–Crippen LogP) is 1.46. The van der Waals surface area contributed by atoms with Crippen LogP contribution >= 0.6 is 11.3 Å². The van der Waals surface area contributed by atoms with Crippen molar-refractivity contribution >= 4 is 23.2 Å². The molecule has 0 aliphatic carbocycles. The van der Waals surface area contributed by atoms with E-state index in [9.17, 15) is 4.79 Å². The highest BCUT2D eigenvalue weighted by molar-refractivity contribution is 7.11. The molecule has 0 aromatic carbocycles. The van der Waals surface area contributed by atoms with E-state index in [-0.39, 0.29) is 5.91 Å². The van der Waals surface area contributed by atoms with E-state index in [0.717, 1.165) is 68.5 Å². The third kappa shape index (κ3) is 7.46. The number of guanidine groups is 1. The second kappa shape index (κ2) is 11.2. The van der Waals surface area contributed by atoms with E-state index in [1.165, 1.54) is 4.88 Å². The zero-order valence-electron chi connectivity index (χ0n) is 17.1. The van der Waals surface area contributed by atoms with Gasteiger partial charge in [-0.05, 0) is 33.1 Å². The lowest BCUT2D eigenvalue weighted by Gasteiger charge is -2.32. The molecule has 2 rings (SSSR count).